The maximum Gasteiger partial charge on any atom is 0.266 e. The largest absolute Gasteiger partial charge is 0.341 e. The molecule has 2 aromatic heterocycles. The maximum atomic E-state index is 12.9. The minimum absolute atomic E-state index is 0.0748. The lowest BCUT2D eigenvalue weighted by Gasteiger charge is -2.15. The first-order valence-electron chi connectivity index (χ1n) is 8.34. The standard InChI is InChI=1S/C19H20N4O/c1-13-5-6-14(2)17(11-13)23-10-7-16-15(18(23)24)12-20-19(21-16)22-8-3-4-9-22/h5-7,10-12H,3-4,8-9H2,1-2H3. The van der Waals surface area contributed by atoms with Gasteiger partial charge in [0.05, 0.1) is 16.6 Å². The summed E-state index contributed by atoms with van der Waals surface area (Å²) >= 11 is 0. The summed E-state index contributed by atoms with van der Waals surface area (Å²) in [5, 5.41) is 0.557. The highest BCUT2D eigenvalue weighted by molar-refractivity contribution is 5.78. The number of aryl methyl sites for hydroxylation is 2. The summed E-state index contributed by atoms with van der Waals surface area (Å²) in [6.07, 6.45) is 5.83. The van der Waals surface area contributed by atoms with Crippen LogP contribution < -0.4 is 10.5 Å². The fourth-order valence-electron chi connectivity index (χ4n) is 3.26. The molecular weight excluding hydrogens is 300 g/mol. The molecule has 4 rings (SSSR count). The molecule has 122 valence electrons. The van der Waals surface area contributed by atoms with Crippen LogP contribution in [0.5, 0.6) is 0 Å². The minimum atomic E-state index is -0.0748. The van der Waals surface area contributed by atoms with E-state index < -0.39 is 0 Å². The van der Waals surface area contributed by atoms with Crippen LogP contribution in [-0.2, 0) is 0 Å². The average molecular weight is 320 g/mol. The summed E-state index contributed by atoms with van der Waals surface area (Å²) in [4.78, 5) is 24.1. The van der Waals surface area contributed by atoms with Gasteiger partial charge in [-0.2, -0.15) is 0 Å². The molecule has 0 atom stereocenters. The van der Waals surface area contributed by atoms with Crippen LogP contribution in [0.2, 0.25) is 0 Å². The highest BCUT2D eigenvalue weighted by Crippen LogP contribution is 2.19. The Hall–Kier alpha value is -2.69. The van der Waals surface area contributed by atoms with Crippen molar-refractivity contribution in [3.8, 4) is 5.69 Å². The van der Waals surface area contributed by atoms with Gasteiger partial charge in [-0.1, -0.05) is 12.1 Å². The number of hydrogen-bond donors (Lipinski definition) is 0. The Kier molecular flexibility index (Phi) is 3.56. The van der Waals surface area contributed by atoms with Gasteiger partial charge in [-0.25, -0.2) is 9.97 Å². The van der Waals surface area contributed by atoms with Gasteiger partial charge in [-0.15, -0.1) is 0 Å². The summed E-state index contributed by atoms with van der Waals surface area (Å²) in [5.74, 6) is 0.726. The van der Waals surface area contributed by atoms with Crippen LogP contribution >= 0.6 is 0 Å². The Morgan fingerprint density at radius 3 is 2.67 bits per heavy atom. The molecule has 1 fully saturated rings. The second kappa shape index (κ2) is 5.74. The number of rotatable bonds is 2. The topological polar surface area (TPSA) is 51.0 Å². The molecule has 5 nitrogen and oxygen atoms in total. The van der Waals surface area contributed by atoms with Crippen LogP contribution in [0.25, 0.3) is 16.6 Å². The minimum Gasteiger partial charge on any atom is -0.341 e. The zero-order chi connectivity index (χ0) is 16.7. The van der Waals surface area contributed by atoms with E-state index in [0.717, 1.165) is 35.9 Å². The van der Waals surface area contributed by atoms with E-state index in [1.54, 1.807) is 10.8 Å². The van der Waals surface area contributed by atoms with E-state index >= 15 is 0 Å². The van der Waals surface area contributed by atoms with Gasteiger partial charge in [0.25, 0.3) is 5.56 Å². The number of benzene rings is 1. The molecule has 1 saturated heterocycles. The van der Waals surface area contributed by atoms with Crippen LogP contribution in [0.15, 0.2) is 41.5 Å². The lowest BCUT2D eigenvalue weighted by atomic mass is 10.1. The van der Waals surface area contributed by atoms with Crippen molar-refractivity contribution < 1.29 is 0 Å². The molecule has 0 saturated carbocycles. The number of nitrogens with zero attached hydrogens (tertiary/aromatic N) is 4. The van der Waals surface area contributed by atoms with E-state index in [9.17, 15) is 4.79 Å². The molecule has 24 heavy (non-hydrogen) atoms. The van der Waals surface area contributed by atoms with Gasteiger partial charge in [0.2, 0.25) is 5.95 Å². The smallest absolute Gasteiger partial charge is 0.266 e. The third kappa shape index (κ3) is 2.46. The highest BCUT2D eigenvalue weighted by atomic mass is 16.1. The second-order valence-corrected chi connectivity index (χ2v) is 6.44. The lowest BCUT2D eigenvalue weighted by Crippen LogP contribution is -2.22. The molecule has 1 aliphatic heterocycles. The molecule has 0 aliphatic carbocycles. The molecule has 0 spiro atoms. The second-order valence-electron chi connectivity index (χ2n) is 6.44. The Bertz CT molecular complexity index is 971. The summed E-state index contributed by atoms with van der Waals surface area (Å²) in [7, 11) is 0. The molecule has 0 unspecified atom stereocenters. The van der Waals surface area contributed by atoms with Crippen LogP contribution in [0.1, 0.15) is 24.0 Å². The SMILES string of the molecule is Cc1ccc(C)c(-n2ccc3nc(N4CCCC4)ncc3c2=O)c1. The van der Waals surface area contributed by atoms with Crippen molar-refractivity contribution in [2.75, 3.05) is 18.0 Å². The fourth-order valence-corrected chi connectivity index (χ4v) is 3.26. The molecule has 1 aliphatic rings. The highest BCUT2D eigenvalue weighted by Gasteiger charge is 2.16. The Morgan fingerprint density at radius 1 is 1.08 bits per heavy atom. The predicted octanol–water partition coefficient (Wildman–Crippen LogP) is 3.00. The Morgan fingerprint density at radius 2 is 1.88 bits per heavy atom. The van der Waals surface area contributed by atoms with Crippen LogP contribution in [0, 0.1) is 13.8 Å². The normalized spacial score (nSPS) is 14.5. The quantitative estimate of drug-likeness (QED) is 0.728. The van der Waals surface area contributed by atoms with E-state index in [1.807, 2.05) is 38.2 Å². The van der Waals surface area contributed by atoms with E-state index in [4.69, 9.17) is 0 Å². The number of fused-ring (bicyclic) bond motifs is 1. The molecule has 3 heterocycles. The zero-order valence-electron chi connectivity index (χ0n) is 14.0. The van der Waals surface area contributed by atoms with Crippen molar-refractivity contribution in [3.63, 3.8) is 0 Å². The fraction of sp³-hybridized carbons (Fsp3) is 0.316. The lowest BCUT2D eigenvalue weighted by molar-refractivity contribution is 0.904. The summed E-state index contributed by atoms with van der Waals surface area (Å²) in [6, 6.07) is 8.02. The number of aromatic nitrogens is 3. The van der Waals surface area contributed by atoms with Crippen molar-refractivity contribution in [3.05, 3.63) is 58.1 Å². The molecule has 3 aromatic rings. The summed E-state index contributed by atoms with van der Waals surface area (Å²) in [6.45, 7) is 6.02. The molecule has 5 heteroatoms. The van der Waals surface area contributed by atoms with Gasteiger partial charge < -0.3 is 4.90 Å². The predicted molar refractivity (Wildman–Crippen MR) is 96.1 cm³/mol. The molecule has 1 aromatic carbocycles. The van der Waals surface area contributed by atoms with Gasteiger partial charge >= 0.3 is 0 Å². The molecule has 0 N–H and O–H groups in total. The maximum absolute atomic E-state index is 12.9. The molecule has 0 radical (unpaired) electrons. The van der Waals surface area contributed by atoms with Crippen LogP contribution in [0.3, 0.4) is 0 Å². The van der Waals surface area contributed by atoms with Gasteiger partial charge in [-0.3, -0.25) is 9.36 Å². The Balaban J connectivity index is 1.85. The third-order valence-electron chi connectivity index (χ3n) is 4.65. The van der Waals surface area contributed by atoms with Gasteiger partial charge in [0.1, 0.15) is 0 Å². The molecule has 0 amide bonds. The van der Waals surface area contributed by atoms with E-state index in [0.29, 0.717) is 10.9 Å². The number of hydrogen-bond acceptors (Lipinski definition) is 4. The van der Waals surface area contributed by atoms with Gasteiger partial charge in [-0.05, 0) is 49.9 Å². The molecular formula is C19H20N4O. The third-order valence-corrected chi connectivity index (χ3v) is 4.65. The van der Waals surface area contributed by atoms with Crippen molar-refractivity contribution in [2.24, 2.45) is 0 Å². The summed E-state index contributed by atoms with van der Waals surface area (Å²) < 4.78 is 1.68. The van der Waals surface area contributed by atoms with E-state index in [1.165, 1.54) is 12.8 Å². The van der Waals surface area contributed by atoms with Crippen molar-refractivity contribution in [2.45, 2.75) is 26.7 Å². The zero-order valence-corrected chi connectivity index (χ0v) is 14.0. The van der Waals surface area contributed by atoms with Gasteiger partial charge in [0.15, 0.2) is 0 Å². The van der Waals surface area contributed by atoms with Crippen molar-refractivity contribution in [1.82, 2.24) is 14.5 Å². The first-order chi connectivity index (χ1) is 11.6. The monoisotopic (exact) mass is 320 g/mol. The average Bonchev–Trinajstić information content (AvgIpc) is 3.12. The van der Waals surface area contributed by atoms with E-state index in [-0.39, 0.29) is 5.56 Å². The van der Waals surface area contributed by atoms with Crippen LogP contribution in [0.4, 0.5) is 5.95 Å². The summed E-state index contributed by atoms with van der Waals surface area (Å²) in [5.41, 5.74) is 3.73. The number of anilines is 1. The molecule has 0 bridgehead atoms. The Labute approximate surface area is 140 Å². The van der Waals surface area contributed by atoms with Crippen molar-refractivity contribution >= 4 is 16.9 Å². The first kappa shape index (κ1) is 14.9. The van der Waals surface area contributed by atoms with Crippen LogP contribution in [-0.4, -0.2) is 27.6 Å². The van der Waals surface area contributed by atoms with Crippen molar-refractivity contribution in [1.29, 1.82) is 0 Å². The van der Waals surface area contributed by atoms with E-state index in [2.05, 4.69) is 20.9 Å². The first-order valence-corrected chi connectivity index (χ1v) is 8.34. The van der Waals surface area contributed by atoms with Gasteiger partial charge in [0, 0.05) is 25.5 Å². The number of pyridine rings is 1.